The summed E-state index contributed by atoms with van der Waals surface area (Å²) < 4.78 is 0. The molecule has 0 aliphatic heterocycles. The fourth-order valence-electron chi connectivity index (χ4n) is 0.883. The van der Waals surface area contributed by atoms with Gasteiger partial charge >= 0.3 is 0 Å². The van der Waals surface area contributed by atoms with E-state index in [1.807, 2.05) is 13.8 Å². The molecule has 0 saturated heterocycles. The quantitative estimate of drug-likeness (QED) is 0.568. The molecule has 0 bridgehead atoms. The lowest BCUT2D eigenvalue weighted by Crippen LogP contribution is -2.15. The normalized spacial score (nSPS) is 15.7. The lowest BCUT2D eigenvalue weighted by Gasteiger charge is -2.18. The van der Waals surface area contributed by atoms with Crippen LogP contribution in [-0.2, 0) is 0 Å². The van der Waals surface area contributed by atoms with Crippen LogP contribution in [0.1, 0.15) is 27.2 Å². The molecule has 0 saturated carbocycles. The van der Waals surface area contributed by atoms with Crippen LogP contribution in [0, 0.1) is 5.92 Å². The van der Waals surface area contributed by atoms with Crippen LogP contribution < -0.4 is 0 Å². The van der Waals surface area contributed by atoms with Gasteiger partial charge in [0.2, 0.25) is 0 Å². The lowest BCUT2D eigenvalue weighted by molar-refractivity contribution is 0.500. The maximum atomic E-state index is 5.95. The van der Waals surface area contributed by atoms with Crippen LogP contribution in [0.5, 0.6) is 0 Å². The zero-order valence-electron chi connectivity index (χ0n) is 6.25. The first-order chi connectivity index (χ1) is 3.95. The van der Waals surface area contributed by atoms with E-state index in [1.165, 1.54) is 0 Å². The summed E-state index contributed by atoms with van der Waals surface area (Å²) in [6.45, 7) is 6.13. The van der Waals surface area contributed by atoms with Crippen LogP contribution in [0.3, 0.4) is 0 Å². The van der Waals surface area contributed by atoms with E-state index in [9.17, 15) is 0 Å². The smallest absolute Gasteiger partial charge is 0.0393 e. The molecule has 0 rings (SSSR count). The van der Waals surface area contributed by atoms with Crippen molar-refractivity contribution in [3.05, 3.63) is 0 Å². The van der Waals surface area contributed by atoms with Crippen LogP contribution in [0.2, 0.25) is 0 Å². The van der Waals surface area contributed by atoms with Gasteiger partial charge in [0.25, 0.3) is 0 Å². The van der Waals surface area contributed by atoms with E-state index >= 15 is 0 Å². The maximum absolute atomic E-state index is 5.95. The molecule has 0 nitrogen and oxygen atoms in total. The van der Waals surface area contributed by atoms with E-state index < -0.39 is 0 Å². The molecule has 0 heterocycles. The Morgan fingerprint density at radius 2 is 1.89 bits per heavy atom. The summed E-state index contributed by atoms with van der Waals surface area (Å²) in [6.07, 6.45) is 0.984. The predicted molar refractivity (Wildman–Crippen MR) is 44.4 cm³/mol. The van der Waals surface area contributed by atoms with Crippen molar-refractivity contribution in [2.24, 2.45) is 5.92 Å². The van der Waals surface area contributed by atoms with Gasteiger partial charge in [0, 0.05) is 10.8 Å². The molecule has 0 radical (unpaired) electrons. The Bertz CT molecular complexity index is 73.5. The third-order valence-corrected chi connectivity index (χ3v) is 1.78. The summed E-state index contributed by atoms with van der Waals surface area (Å²) in [6, 6.07) is 0. The Labute approximate surface area is 67.5 Å². The fraction of sp³-hybridized carbons (Fsp3) is 1.00. The summed E-state index contributed by atoms with van der Waals surface area (Å²) in [7, 11) is 0. The van der Waals surface area contributed by atoms with E-state index in [0.717, 1.165) is 6.42 Å². The van der Waals surface area contributed by atoms with Crippen molar-refractivity contribution in [3.63, 3.8) is 0 Å². The average Bonchev–Trinajstić information content (AvgIpc) is 1.62. The van der Waals surface area contributed by atoms with Gasteiger partial charge in [-0.1, -0.05) is 6.92 Å². The minimum Gasteiger partial charge on any atom is -0.126 e. The summed E-state index contributed by atoms with van der Waals surface area (Å²) >= 11 is 11.5. The molecule has 0 aliphatic rings. The van der Waals surface area contributed by atoms with Gasteiger partial charge in [-0.25, -0.2) is 0 Å². The second-order valence-electron chi connectivity index (χ2n) is 3.18. The van der Waals surface area contributed by atoms with Crippen molar-refractivity contribution in [3.8, 4) is 0 Å². The Kier molecular flexibility index (Phi) is 3.91. The summed E-state index contributed by atoms with van der Waals surface area (Å²) in [5.41, 5.74) is 0. The molecule has 1 unspecified atom stereocenters. The first kappa shape index (κ1) is 9.58. The average molecular weight is 169 g/mol. The zero-order valence-corrected chi connectivity index (χ0v) is 7.76. The number of hydrogen-bond acceptors (Lipinski definition) is 0. The van der Waals surface area contributed by atoms with Crippen LogP contribution in [0.4, 0.5) is 0 Å². The Balaban J connectivity index is 3.47. The van der Waals surface area contributed by atoms with Crippen LogP contribution in [0.25, 0.3) is 0 Å². The maximum Gasteiger partial charge on any atom is 0.0393 e. The van der Waals surface area contributed by atoms with Crippen LogP contribution in [0.15, 0.2) is 0 Å². The predicted octanol–water partition coefficient (Wildman–Crippen LogP) is 3.27. The van der Waals surface area contributed by atoms with Crippen molar-refractivity contribution in [2.45, 2.75) is 32.1 Å². The molecule has 0 aromatic heterocycles. The van der Waals surface area contributed by atoms with Crippen molar-refractivity contribution in [2.75, 3.05) is 5.88 Å². The number of rotatable bonds is 3. The minimum absolute atomic E-state index is 0.0890. The first-order valence-electron chi connectivity index (χ1n) is 3.20. The molecule has 0 fully saturated rings. The van der Waals surface area contributed by atoms with Crippen molar-refractivity contribution < 1.29 is 0 Å². The highest BCUT2D eigenvalue weighted by molar-refractivity contribution is 6.23. The second-order valence-corrected chi connectivity index (χ2v) is 4.51. The molecule has 9 heavy (non-hydrogen) atoms. The second kappa shape index (κ2) is 3.68. The summed E-state index contributed by atoms with van der Waals surface area (Å²) in [5, 5.41) is 0. The Morgan fingerprint density at radius 1 is 1.44 bits per heavy atom. The monoisotopic (exact) mass is 168 g/mol. The number of hydrogen-bond donors (Lipinski definition) is 0. The topological polar surface area (TPSA) is 0 Å². The van der Waals surface area contributed by atoms with Gasteiger partial charge in [-0.3, -0.25) is 0 Å². The van der Waals surface area contributed by atoms with Crippen LogP contribution in [-0.4, -0.2) is 10.8 Å². The highest BCUT2D eigenvalue weighted by atomic mass is 35.5. The fourth-order valence-corrected chi connectivity index (χ4v) is 1.26. The van der Waals surface area contributed by atoms with Crippen molar-refractivity contribution in [1.82, 2.24) is 0 Å². The number of alkyl halides is 2. The van der Waals surface area contributed by atoms with E-state index in [0.29, 0.717) is 11.8 Å². The third-order valence-electron chi connectivity index (χ3n) is 1.10. The molecule has 1 atom stereocenters. The first-order valence-corrected chi connectivity index (χ1v) is 4.12. The minimum atomic E-state index is -0.0890. The van der Waals surface area contributed by atoms with Gasteiger partial charge in [0.15, 0.2) is 0 Å². The van der Waals surface area contributed by atoms with Gasteiger partial charge in [0.05, 0.1) is 0 Å². The van der Waals surface area contributed by atoms with Crippen LogP contribution >= 0.6 is 23.2 Å². The van der Waals surface area contributed by atoms with Gasteiger partial charge < -0.3 is 0 Å². The van der Waals surface area contributed by atoms with Gasteiger partial charge in [-0.15, -0.1) is 23.2 Å². The lowest BCUT2D eigenvalue weighted by atomic mass is 10.00. The highest BCUT2D eigenvalue weighted by Gasteiger charge is 2.16. The molecule has 0 spiro atoms. The third kappa shape index (κ3) is 6.47. The Morgan fingerprint density at radius 3 is 2.00 bits per heavy atom. The summed E-state index contributed by atoms with van der Waals surface area (Å²) in [5.74, 6) is 1.23. The molecule has 0 amide bonds. The van der Waals surface area contributed by atoms with E-state index in [2.05, 4.69) is 6.92 Å². The number of halogens is 2. The van der Waals surface area contributed by atoms with Gasteiger partial charge in [-0.05, 0) is 26.2 Å². The molecular weight excluding hydrogens is 155 g/mol. The van der Waals surface area contributed by atoms with Crippen molar-refractivity contribution in [1.29, 1.82) is 0 Å². The van der Waals surface area contributed by atoms with Gasteiger partial charge in [-0.2, -0.15) is 0 Å². The largest absolute Gasteiger partial charge is 0.126 e. The zero-order chi connectivity index (χ0) is 7.49. The van der Waals surface area contributed by atoms with E-state index in [1.54, 1.807) is 0 Å². The van der Waals surface area contributed by atoms with E-state index in [4.69, 9.17) is 23.2 Å². The van der Waals surface area contributed by atoms with Gasteiger partial charge in [0.1, 0.15) is 0 Å². The molecule has 56 valence electrons. The molecule has 0 aromatic rings. The molecule has 0 aromatic carbocycles. The Hall–Kier alpha value is 0.580. The SMILES string of the molecule is CC(CCl)CC(C)(C)Cl. The highest BCUT2D eigenvalue weighted by Crippen LogP contribution is 2.23. The van der Waals surface area contributed by atoms with E-state index in [-0.39, 0.29) is 4.87 Å². The molecule has 0 aliphatic carbocycles. The molecule has 0 N–H and O–H groups in total. The molecule has 2 heteroatoms. The standard InChI is InChI=1S/C7H14Cl2/c1-6(5-8)4-7(2,3)9/h6H,4-5H2,1-3H3. The molecular formula is C7H14Cl2. The summed E-state index contributed by atoms with van der Waals surface area (Å²) in [4.78, 5) is -0.0890. The van der Waals surface area contributed by atoms with Crippen molar-refractivity contribution >= 4 is 23.2 Å².